The van der Waals surface area contributed by atoms with Gasteiger partial charge in [-0.3, -0.25) is 14.9 Å². The number of ether oxygens (including phenoxy) is 2. The molecule has 8 heteroatoms. The Morgan fingerprint density at radius 1 is 1.04 bits per heavy atom. The van der Waals surface area contributed by atoms with Gasteiger partial charge in [-0.15, -0.1) is 0 Å². The highest BCUT2D eigenvalue weighted by Crippen LogP contribution is 2.19. The number of carbonyl (C=O) groups excluding carboxylic acids is 2. The first-order valence-corrected chi connectivity index (χ1v) is 7.67. The number of esters is 1. The number of nitro benzene ring substituents is 1. The minimum Gasteiger partial charge on any atom is -0.482 e. The number of carbonyl (C=O) groups is 2. The summed E-state index contributed by atoms with van der Waals surface area (Å²) in [5, 5.41) is 11.3. The monoisotopic (exact) mass is 354 g/mol. The maximum Gasteiger partial charge on any atom is 0.344 e. The number of benzene rings is 2. The Morgan fingerprint density at radius 2 is 1.77 bits per heavy atom. The van der Waals surface area contributed by atoms with Crippen molar-refractivity contribution in [3.63, 3.8) is 0 Å². The molecule has 26 heavy (non-hydrogen) atoms. The number of nitrogens with zero attached hydrogens (tertiary/aromatic N) is 1. The summed E-state index contributed by atoms with van der Waals surface area (Å²) in [7, 11) is 0. The van der Waals surface area contributed by atoms with E-state index >= 15 is 0 Å². The van der Waals surface area contributed by atoms with E-state index in [0.29, 0.717) is 5.56 Å². The van der Waals surface area contributed by atoms with Gasteiger partial charge in [0.25, 0.3) is 5.69 Å². The van der Waals surface area contributed by atoms with E-state index in [1.165, 1.54) is 24.3 Å². The highest BCUT2D eigenvalue weighted by atomic mass is 16.6. The molecule has 0 bridgehead atoms. The lowest BCUT2D eigenvalue weighted by atomic mass is 10.1. The van der Waals surface area contributed by atoms with Gasteiger partial charge in [-0.25, -0.2) is 4.79 Å². The highest BCUT2D eigenvalue weighted by molar-refractivity contribution is 6.08. The fourth-order valence-electron chi connectivity index (χ4n) is 2.37. The van der Waals surface area contributed by atoms with Crippen molar-refractivity contribution in [3.05, 3.63) is 70.4 Å². The Kier molecular flexibility index (Phi) is 4.93. The molecule has 3 rings (SSSR count). The van der Waals surface area contributed by atoms with Crippen LogP contribution in [0, 0.1) is 10.1 Å². The number of para-hydroxylation sites is 1. The number of hydrogen-bond acceptors (Lipinski definition) is 6. The summed E-state index contributed by atoms with van der Waals surface area (Å²) in [6, 6.07) is 12.6. The van der Waals surface area contributed by atoms with Gasteiger partial charge in [0.2, 0.25) is 5.78 Å². The first-order chi connectivity index (χ1) is 12.5. The first-order valence-electron chi connectivity index (χ1n) is 7.67. The number of nitro groups is 1. The zero-order valence-electron chi connectivity index (χ0n) is 13.5. The lowest BCUT2D eigenvalue weighted by Crippen LogP contribution is -2.19. The second-order valence-electron chi connectivity index (χ2n) is 5.37. The number of non-ortho nitro benzene ring substituents is 1. The van der Waals surface area contributed by atoms with Crippen molar-refractivity contribution in [3.8, 4) is 5.75 Å². The van der Waals surface area contributed by atoms with Gasteiger partial charge in [-0.2, -0.15) is 0 Å². The molecule has 2 aromatic carbocycles. The fraction of sp³-hybridized carbons (Fsp3) is 0.111. The Morgan fingerprint density at radius 3 is 2.50 bits per heavy atom. The van der Waals surface area contributed by atoms with Gasteiger partial charge < -0.3 is 14.5 Å². The number of fused-ring (bicyclic) bond motifs is 1. The van der Waals surface area contributed by atoms with Crippen LogP contribution in [0.15, 0.2) is 54.7 Å². The lowest BCUT2D eigenvalue weighted by Gasteiger charge is -2.06. The fourth-order valence-corrected chi connectivity index (χ4v) is 2.37. The summed E-state index contributed by atoms with van der Waals surface area (Å²) in [4.78, 5) is 36.9. The molecule has 0 fully saturated rings. The first kappa shape index (κ1) is 17.2. The van der Waals surface area contributed by atoms with Crippen molar-refractivity contribution >= 4 is 28.3 Å². The van der Waals surface area contributed by atoms with Gasteiger partial charge >= 0.3 is 5.97 Å². The molecule has 0 radical (unpaired) electrons. The molecule has 8 nitrogen and oxygen atoms in total. The third-order valence-electron chi connectivity index (χ3n) is 3.66. The maximum absolute atomic E-state index is 12.2. The zero-order valence-corrected chi connectivity index (χ0v) is 13.5. The van der Waals surface area contributed by atoms with Gasteiger partial charge in [0.15, 0.2) is 13.2 Å². The van der Waals surface area contributed by atoms with Crippen LogP contribution in [0.2, 0.25) is 0 Å². The molecule has 0 aliphatic carbocycles. The van der Waals surface area contributed by atoms with Crippen LogP contribution in [0.3, 0.4) is 0 Å². The minimum absolute atomic E-state index is 0.0794. The van der Waals surface area contributed by atoms with Crippen LogP contribution in [0.1, 0.15) is 10.4 Å². The SMILES string of the molecule is O=C(COc1ccc([N+](=O)[O-])cc1)OCC(=O)c1c[nH]c2ccccc12. The van der Waals surface area contributed by atoms with Crippen LogP contribution in [0.4, 0.5) is 5.69 Å². The van der Waals surface area contributed by atoms with E-state index in [-0.39, 0.29) is 17.2 Å². The Balaban J connectivity index is 1.50. The standard InChI is InChI=1S/C18H14N2O6/c21-17(15-9-19-16-4-2-1-3-14(15)16)10-26-18(22)11-25-13-7-5-12(6-8-13)20(23)24/h1-9,19H,10-11H2. The van der Waals surface area contributed by atoms with Crippen LogP contribution in [-0.2, 0) is 9.53 Å². The smallest absolute Gasteiger partial charge is 0.344 e. The number of aromatic nitrogens is 1. The number of hydrogen-bond donors (Lipinski definition) is 1. The second-order valence-corrected chi connectivity index (χ2v) is 5.37. The number of ketones is 1. The molecule has 1 aromatic heterocycles. The molecular weight excluding hydrogens is 340 g/mol. The van der Waals surface area contributed by atoms with E-state index < -0.39 is 24.1 Å². The summed E-state index contributed by atoms with van der Waals surface area (Å²) in [5.41, 5.74) is 1.19. The average Bonchev–Trinajstić information content (AvgIpc) is 3.09. The van der Waals surface area contributed by atoms with Crippen molar-refractivity contribution in [1.82, 2.24) is 4.98 Å². The quantitative estimate of drug-likeness (QED) is 0.302. The molecule has 1 heterocycles. The van der Waals surface area contributed by atoms with Gasteiger partial charge in [0.1, 0.15) is 5.75 Å². The molecule has 0 aliphatic heterocycles. The van der Waals surface area contributed by atoms with Crippen molar-refractivity contribution in [2.24, 2.45) is 0 Å². The van der Waals surface area contributed by atoms with Gasteiger partial charge in [0.05, 0.1) is 4.92 Å². The summed E-state index contributed by atoms with van der Waals surface area (Å²) in [6.45, 7) is -0.802. The third kappa shape index (κ3) is 3.86. The van der Waals surface area contributed by atoms with E-state index in [1.807, 2.05) is 18.2 Å². The summed E-state index contributed by atoms with van der Waals surface area (Å²) >= 11 is 0. The normalized spacial score (nSPS) is 10.5. The predicted molar refractivity (Wildman–Crippen MR) is 92.2 cm³/mol. The molecular formula is C18H14N2O6. The van der Waals surface area contributed by atoms with E-state index in [0.717, 1.165) is 10.9 Å². The zero-order chi connectivity index (χ0) is 18.5. The largest absolute Gasteiger partial charge is 0.482 e. The molecule has 0 atom stereocenters. The molecule has 0 saturated heterocycles. The van der Waals surface area contributed by atoms with Crippen molar-refractivity contribution in [2.45, 2.75) is 0 Å². The van der Waals surface area contributed by atoms with E-state index in [9.17, 15) is 19.7 Å². The van der Waals surface area contributed by atoms with Gasteiger partial charge in [0, 0.05) is 34.8 Å². The number of Topliss-reactive ketones (excluding diaryl/α,β-unsaturated/α-hetero) is 1. The molecule has 0 spiro atoms. The van der Waals surface area contributed by atoms with Crippen LogP contribution in [0.25, 0.3) is 10.9 Å². The van der Waals surface area contributed by atoms with Crippen LogP contribution < -0.4 is 4.74 Å². The molecule has 0 aliphatic rings. The van der Waals surface area contributed by atoms with Crippen LogP contribution in [0.5, 0.6) is 5.75 Å². The summed E-state index contributed by atoms with van der Waals surface area (Å²) in [6.07, 6.45) is 1.58. The molecule has 1 N–H and O–H groups in total. The third-order valence-corrected chi connectivity index (χ3v) is 3.66. The Bertz CT molecular complexity index is 961. The Hall–Kier alpha value is -3.68. The van der Waals surface area contributed by atoms with E-state index in [4.69, 9.17) is 9.47 Å². The van der Waals surface area contributed by atoms with E-state index in [2.05, 4.69) is 4.98 Å². The molecule has 0 saturated carbocycles. The molecule has 3 aromatic rings. The van der Waals surface area contributed by atoms with Gasteiger partial charge in [-0.05, 0) is 18.2 Å². The predicted octanol–water partition coefficient (Wildman–Crippen LogP) is 2.88. The van der Waals surface area contributed by atoms with Gasteiger partial charge in [-0.1, -0.05) is 18.2 Å². The summed E-state index contributed by atoms with van der Waals surface area (Å²) in [5.74, 6) is -0.752. The number of aromatic amines is 1. The van der Waals surface area contributed by atoms with E-state index in [1.54, 1.807) is 12.3 Å². The number of rotatable bonds is 7. The molecule has 0 unspecified atom stereocenters. The topological polar surface area (TPSA) is 112 Å². The second kappa shape index (κ2) is 7.47. The number of H-pyrrole nitrogens is 1. The van der Waals surface area contributed by atoms with Crippen molar-refractivity contribution in [2.75, 3.05) is 13.2 Å². The number of nitrogens with one attached hydrogen (secondary N) is 1. The molecule has 132 valence electrons. The lowest BCUT2D eigenvalue weighted by molar-refractivity contribution is -0.384. The Labute approximate surface area is 147 Å². The minimum atomic E-state index is -0.712. The highest BCUT2D eigenvalue weighted by Gasteiger charge is 2.14. The van der Waals surface area contributed by atoms with Crippen molar-refractivity contribution in [1.29, 1.82) is 0 Å². The van der Waals surface area contributed by atoms with Crippen molar-refractivity contribution < 1.29 is 24.0 Å². The molecule has 0 amide bonds. The summed E-state index contributed by atoms with van der Waals surface area (Å²) < 4.78 is 10.1. The van der Waals surface area contributed by atoms with Crippen LogP contribution >= 0.6 is 0 Å². The van der Waals surface area contributed by atoms with Crippen LogP contribution in [-0.4, -0.2) is 34.9 Å². The maximum atomic E-state index is 12.2. The average molecular weight is 354 g/mol.